The Kier molecular flexibility index (Phi) is 3.72. The minimum Gasteiger partial charge on any atom is -0.483 e. The van der Waals surface area contributed by atoms with Crippen LogP contribution in [0.5, 0.6) is 5.75 Å². The summed E-state index contributed by atoms with van der Waals surface area (Å²) >= 11 is 0. The van der Waals surface area contributed by atoms with Crippen LogP contribution in [0, 0.1) is 0 Å². The molecule has 7 heteroatoms. The van der Waals surface area contributed by atoms with E-state index < -0.39 is 30.0 Å². The molecule has 0 heterocycles. The highest BCUT2D eigenvalue weighted by Crippen LogP contribution is 2.36. The highest BCUT2D eigenvalue weighted by Gasteiger charge is 2.34. The van der Waals surface area contributed by atoms with Crippen molar-refractivity contribution >= 4 is 12.2 Å². The molecule has 0 saturated carbocycles. The Morgan fingerprint density at radius 2 is 2.06 bits per heavy atom. The molecule has 1 aromatic rings. The molecule has 0 saturated heterocycles. The normalized spacial score (nSPS) is 11.0. The van der Waals surface area contributed by atoms with E-state index in [1.807, 2.05) is 0 Å². The monoisotopic (exact) mass is 247 g/mol. The minimum atomic E-state index is -4.67. The number of nitrogens with two attached hydrogens (primary N) is 1. The maximum atomic E-state index is 12.6. The molecule has 92 valence electrons. The van der Waals surface area contributed by atoms with Gasteiger partial charge in [0.05, 0.1) is 5.56 Å². The maximum Gasteiger partial charge on any atom is 0.419 e. The second-order valence-electron chi connectivity index (χ2n) is 3.13. The van der Waals surface area contributed by atoms with Gasteiger partial charge in [-0.05, 0) is 18.2 Å². The van der Waals surface area contributed by atoms with Gasteiger partial charge in [-0.3, -0.25) is 9.59 Å². The lowest BCUT2D eigenvalue weighted by Crippen LogP contribution is -2.21. The Bertz CT molecular complexity index is 443. The third kappa shape index (κ3) is 3.47. The van der Waals surface area contributed by atoms with Crippen LogP contribution in [0.3, 0.4) is 0 Å². The summed E-state index contributed by atoms with van der Waals surface area (Å²) in [4.78, 5) is 20.8. The standard InChI is InChI=1S/C10H8F3NO3/c11-10(12,13)7-3-6(4-15)1-2-8(7)17-5-9(14)16/h1-4H,5H2,(H2,14,16). The number of amides is 1. The molecule has 0 aliphatic carbocycles. The molecular weight excluding hydrogens is 239 g/mol. The lowest BCUT2D eigenvalue weighted by molar-refractivity contribution is -0.139. The lowest BCUT2D eigenvalue weighted by atomic mass is 10.1. The second kappa shape index (κ2) is 4.86. The first-order valence-corrected chi connectivity index (χ1v) is 4.42. The molecule has 0 fully saturated rings. The molecule has 0 aliphatic rings. The zero-order valence-corrected chi connectivity index (χ0v) is 8.45. The fourth-order valence-corrected chi connectivity index (χ4v) is 1.12. The van der Waals surface area contributed by atoms with Gasteiger partial charge in [-0.15, -0.1) is 0 Å². The largest absolute Gasteiger partial charge is 0.483 e. The first-order chi connectivity index (χ1) is 7.84. The fraction of sp³-hybridized carbons (Fsp3) is 0.200. The molecule has 1 aromatic carbocycles. The smallest absolute Gasteiger partial charge is 0.419 e. The number of halogens is 3. The van der Waals surface area contributed by atoms with Gasteiger partial charge in [0, 0.05) is 5.56 Å². The second-order valence-corrected chi connectivity index (χ2v) is 3.13. The molecule has 4 nitrogen and oxygen atoms in total. The van der Waals surface area contributed by atoms with E-state index >= 15 is 0 Å². The van der Waals surface area contributed by atoms with Crippen molar-refractivity contribution in [2.45, 2.75) is 6.18 Å². The summed E-state index contributed by atoms with van der Waals surface area (Å²) in [5.74, 6) is -1.43. The molecule has 1 rings (SSSR count). The van der Waals surface area contributed by atoms with E-state index in [9.17, 15) is 22.8 Å². The van der Waals surface area contributed by atoms with E-state index in [4.69, 9.17) is 5.73 Å². The molecule has 0 bridgehead atoms. The summed E-state index contributed by atoms with van der Waals surface area (Å²) in [6, 6.07) is 2.76. The Morgan fingerprint density at radius 3 is 2.53 bits per heavy atom. The SMILES string of the molecule is NC(=O)COc1ccc(C=O)cc1C(F)(F)F. The van der Waals surface area contributed by atoms with Crippen LogP contribution in [0.15, 0.2) is 18.2 Å². The lowest BCUT2D eigenvalue weighted by Gasteiger charge is -2.13. The number of ether oxygens (including phenoxy) is 1. The summed E-state index contributed by atoms with van der Waals surface area (Å²) in [6.45, 7) is -0.663. The summed E-state index contributed by atoms with van der Waals surface area (Å²) in [6.07, 6.45) is -4.39. The van der Waals surface area contributed by atoms with Crippen molar-refractivity contribution in [3.63, 3.8) is 0 Å². The van der Waals surface area contributed by atoms with Crippen LogP contribution >= 0.6 is 0 Å². The van der Waals surface area contributed by atoms with Gasteiger partial charge in [0.15, 0.2) is 6.61 Å². The minimum absolute atomic E-state index is 0.135. The van der Waals surface area contributed by atoms with Gasteiger partial charge in [0.1, 0.15) is 12.0 Å². The predicted octanol–water partition coefficient (Wildman–Crippen LogP) is 1.38. The number of rotatable bonds is 4. The highest BCUT2D eigenvalue weighted by molar-refractivity contribution is 5.76. The van der Waals surface area contributed by atoms with Crippen molar-refractivity contribution in [1.29, 1.82) is 0 Å². The average Bonchev–Trinajstić information content (AvgIpc) is 2.24. The quantitative estimate of drug-likeness (QED) is 0.817. The van der Waals surface area contributed by atoms with E-state index in [0.29, 0.717) is 6.07 Å². The first-order valence-electron chi connectivity index (χ1n) is 4.42. The number of hydrogen-bond donors (Lipinski definition) is 1. The van der Waals surface area contributed by atoms with Crippen LogP contribution in [-0.2, 0) is 11.0 Å². The fourth-order valence-electron chi connectivity index (χ4n) is 1.12. The Morgan fingerprint density at radius 1 is 1.41 bits per heavy atom. The zero-order valence-electron chi connectivity index (χ0n) is 8.45. The Hall–Kier alpha value is -2.05. The number of carbonyl (C=O) groups excluding carboxylic acids is 2. The van der Waals surface area contributed by atoms with Crippen LogP contribution in [0.2, 0.25) is 0 Å². The van der Waals surface area contributed by atoms with E-state index in [1.54, 1.807) is 0 Å². The van der Waals surface area contributed by atoms with Crippen LogP contribution in [-0.4, -0.2) is 18.8 Å². The number of primary amides is 1. The van der Waals surface area contributed by atoms with Crippen molar-refractivity contribution in [2.75, 3.05) is 6.61 Å². The Labute approximate surface area is 94.2 Å². The molecule has 0 radical (unpaired) electrons. The summed E-state index contributed by atoms with van der Waals surface area (Å²) in [7, 11) is 0. The van der Waals surface area contributed by atoms with Gasteiger partial charge in [0.2, 0.25) is 0 Å². The van der Waals surface area contributed by atoms with Gasteiger partial charge in [-0.2, -0.15) is 13.2 Å². The van der Waals surface area contributed by atoms with Crippen molar-refractivity contribution in [3.05, 3.63) is 29.3 Å². The summed E-state index contributed by atoms with van der Waals surface area (Å²) in [5, 5.41) is 0. The third-order valence-corrected chi connectivity index (χ3v) is 1.82. The van der Waals surface area contributed by atoms with Crippen molar-refractivity contribution < 1.29 is 27.5 Å². The van der Waals surface area contributed by atoms with E-state index in [2.05, 4.69) is 4.74 Å². The van der Waals surface area contributed by atoms with Crippen LogP contribution in [0.4, 0.5) is 13.2 Å². The number of benzene rings is 1. The van der Waals surface area contributed by atoms with E-state index in [-0.39, 0.29) is 11.8 Å². The Balaban J connectivity index is 3.11. The van der Waals surface area contributed by atoms with Crippen molar-refractivity contribution in [3.8, 4) is 5.75 Å². The van der Waals surface area contributed by atoms with Gasteiger partial charge in [-0.25, -0.2) is 0 Å². The molecule has 0 aliphatic heterocycles. The van der Waals surface area contributed by atoms with Crippen LogP contribution in [0.1, 0.15) is 15.9 Å². The number of alkyl halides is 3. The predicted molar refractivity (Wildman–Crippen MR) is 51.5 cm³/mol. The molecule has 2 N–H and O–H groups in total. The molecular formula is C10H8F3NO3. The number of aldehydes is 1. The summed E-state index contributed by atoms with van der Waals surface area (Å²) < 4.78 is 42.3. The molecule has 1 amide bonds. The van der Waals surface area contributed by atoms with Crippen molar-refractivity contribution in [1.82, 2.24) is 0 Å². The van der Waals surface area contributed by atoms with Crippen LogP contribution in [0.25, 0.3) is 0 Å². The summed E-state index contributed by atoms with van der Waals surface area (Å²) in [5.41, 5.74) is 3.50. The van der Waals surface area contributed by atoms with Gasteiger partial charge >= 0.3 is 6.18 Å². The maximum absolute atomic E-state index is 12.6. The van der Waals surface area contributed by atoms with Crippen molar-refractivity contribution in [2.24, 2.45) is 5.73 Å². The molecule has 0 unspecified atom stereocenters. The third-order valence-electron chi connectivity index (χ3n) is 1.82. The number of hydrogen-bond acceptors (Lipinski definition) is 3. The molecule has 0 spiro atoms. The van der Waals surface area contributed by atoms with Gasteiger partial charge in [-0.1, -0.05) is 0 Å². The zero-order chi connectivity index (χ0) is 13.1. The van der Waals surface area contributed by atoms with E-state index in [1.165, 1.54) is 0 Å². The average molecular weight is 247 g/mol. The van der Waals surface area contributed by atoms with Crippen LogP contribution < -0.4 is 10.5 Å². The first kappa shape index (κ1) is 13.0. The topological polar surface area (TPSA) is 69.4 Å². The molecule has 0 atom stereocenters. The highest BCUT2D eigenvalue weighted by atomic mass is 19.4. The molecule has 0 aromatic heterocycles. The molecule has 17 heavy (non-hydrogen) atoms. The van der Waals surface area contributed by atoms with Gasteiger partial charge in [0.25, 0.3) is 5.91 Å². The van der Waals surface area contributed by atoms with Gasteiger partial charge < -0.3 is 10.5 Å². The number of carbonyl (C=O) groups is 2. The van der Waals surface area contributed by atoms with E-state index in [0.717, 1.165) is 12.1 Å².